The minimum absolute atomic E-state index is 0.180. The number of hydrogen-bond donors (Lipinski definition) is 1. The normalized spacial score (nSPS) is 19.0. The maximum atomic E-state index is 12.0. The molecule has 0 radical (unpaired) electrons. The Balaban J connectivity index is 1.88. The Bertz CT molecular complexity index is 529. The van der Waals surface area contributed by atoms with Gasteiger partial charge in [-0.3, -0.25) is 14.5 Å². The highest BCUT2D eigenvalue weighted by molar-refractivity contribution is 8.00. The number of esters is 1. The minimum atomic E-state index is -0.250. The lowest BCUT2D eigenvalue weighted by Crippen LogP contribution is -2.45. The number of halogens is 1. The minimum Gasteiger partial charge on any atom is -0.468 e. The highest BCUT2D eigenvalue weighted by Gasteiger charge is 2.28. The molecule has 1 amide bonds. The van der Waals surface area contributed by atoms with Crippen molar-refractivity contribution in [2.24, 2.45) is 0 Å². The summed E-state index contributed by atoms with van der Waals surface area (Å²) in [4.78, 5) is 29.4. The number of pyridine rings is 1. The Morgan fingerprint density at radius 2 is 2.43 bits per heavy atom. The summed E-state index contributed by atoms with van der Waals surface area (Å²) >= 11 is 7.44. The number of nitrogens with zero attached hydrogens (tertiary/aromatic N) is 2. The van der Waals surface area contributed by atoms with E-state index in [4.69, 9.17) is 16.3 Å². The van der Waals surface area contributed by atoms with Crippen LogP contribution < -0.4 is 5.32 Å². The highest BCUT2D eigenvalue weighted by Crippen LogP contribution is 2.20. The smallest absolute Gasteiger partial charge is 0.320 e. The molecule has 21 heavy (non-hydrogen) atoms. The van der Waals surface area contributed by atoms with E-state index in [-0.39, 0.29) is 28.8 Å². The second-order valence-corrected chi connectivity index (χ2v) is 6.18. The molecule has 2 heterocycles. The molecule has 1 N–H and O–H groups in total. The average Bonchev–Trinajstić information content (AvgIpc) is 2.49. The van der Waals surface area contributed by atoms with Crippen LogP contribution in [0, 0.1) is 0 Å². The average molecular weight is 330 g/mol. The van der Waals surface area contributed by atoms with Gasteiger partial charge in [-0.05, 0) is 12.1 Å². The molecule has 6 nitrogen and oxygen atoms in total. The molecule has 1 aromatic rings. The lowest BCUT2D eigenvalue weighted by molar-refractivity contribution is -0.140. The van der Waals surface area contributed by atoms with Crippen molar-refractivity contribution in [2.45, 2.75) is 5.25 Å². The van der Waals surface area contributed by atoms with Gasteiger partial charge in [0, 0.05) is 25.0 Å². The summed E-state index contributed by atoms with van der Waals surface area (Å²) in [5, 5.41) is 2.74. The van der Waals surface area contributed by atoms with Gasteiger partial charge in [0.25, 0.3) is 0 Å². The van der Waals surface area contributed by atoms with Gasteiger partial charge >= 0.3 is 5.97 Å². The Kier molecular flexibility index (Phi) is 5.84. The van der Waals surface area contributed by atoms with E-state index in [2.05, 4.69) is 10.3 Å². The van der Waals surface area contributed by atoms with E-state index < -0.39 is 0 Å². The summed E-state index contributed by atoms with van der Waals surface area (Å²) in [6.45, 7) is 1.47. The van der Waals surface area contributed by atoms with E-state index in [0.717, 1.165) is 12.3 Å². The molecule has 1 aliphatic heterocycles. The maximum Gasteiger partial charge on any atom is 0.320 e. The van der Waals surface area contributed by atoms with Crippen LogP contribution in [-0.4, -0.2) is 59.5 Å². The summed E-state index contributed by atoms with van der Waals surface area (Å²) in [7, 11) is 1.37. The van der Waals surface area contributed by atoms with Crippen LogP contribution >= 0.6 is 23.4 Å². The zero-order chi connectivity index (χ0) is 15.2. The lowest BCUT2D eigenvalue weighted by Gasteiger charge is -2.30. The van der Waals surface area contributed by atoms with Gasteiger partial charge in [0.15, 0.2) is 5.15 Å². The summed E-state index contributed by atoms with van der Waals surface area (Å²) in [5.41, 5.74) is 0.486. The highest BCUT2D eigenvalue weighted by atomic mass is 35.5. The van der Waals surface area contributed by atoms with Crippen LogP contribution in [0.5, 0.6) is 0 Å². The fourth-order valence-electron chi connectivity index (χ4n) is 1.99. The molecule has 0 spiro atoms. The third-order valence-electron chi connectivity index (χ3n) is 3.02. The molecular weight excluding hydrogens is 314 g/mol. The predicted molar refractivity (Wildman–Crippen MR) is 82.6 cm³/mol. The van der Waals surface area contributed by atoms with Crippen molar-refractivity contribution in [3.8, 4) is 0 Å². The van der Waals surface area contributed by atoms with Gasteiger partial charge in [-0.2, -0.15) is 0 Å². The maximum absolute atomic E-state index is 12.0. The molecule has 114 valence electrons. The number of ether oxygens (including phenoxy) is 1. The Morgan fingerprint density at radius 3 is 3.14 bits per heavy atom. The summed E-state index contributed by atoms with van der Waals surface area (Å²) in [6, 6.07) is 3.39. The second kappa shape index (κ2) is 7.63. The van der Waals surface area contributed by atoms with Gasteiger partial charge < -0.3 is 10.1 Å². The first-order valence-electron chi connectivity index (χ1n) is 6.42. The molecule has 1 aromatic heterocycles. The molecule has 1 fully saturated rings. The second-order valence-electron chi connectivity index (χ2n) is 4.51. The molecule has 8 heteroatoms. The molecule has 0 aliphatic carbocycles. The van der Waals surface area contributed by atoms with Gasteiger partial charge in [-0.25, -0.2) is 4.98 Å². The molecule has 1 saturated heterocycles. The molecule has 0 saturated carbocycles. The summed E-state index contributed by atoms with van der Waals surface area (Å²) < 4.78 is 4.74. The zero-order valence-corrected chi connectivity index (χ0v) is 13.1. The van der Waals surface area contributed by atoms with Crippen molar-refractivity contribution in [1.82, 2.24) is 9.88 Å². The number of carbonyl (C=O) groups excluding carboxylic acids is 2. The predicted octanol–water partition coefficient (Wildman–Crippen LogP) is 1.26. The molecule has 1 unspecified atom stereocenters. The van der Waals surface area contributed by atoms with Crippen molar-refractivity contribution in [1.29, 1.82) is 0 Å². The fraction of sp³-hybridized carbons (Fsp3) is 0.462. The van der Waals surface area contributed by atoms with E-state index in [1.54, 1.807) is 30.1 Å². The van der Waals surface area contributed by atoms with Crippen LogP contribution in [0.2, 0.25) is 5.15 Å². The first kappa shape index (κ1) is 16.1. The number of nitrogens with one attached hydrogen (secondary N) is 1. The van der Waals surface area contributed by atoms with E-state index >= 15 is 0 Å². The SMILES string of the molecule is COC(=O)C1CN(CC(=O)Nc2cccnc2Cl)CCS1. The van der Waals surface area contributed by atoms with Crippen molar-refractivity contribution in [3.05, 3.63) is 23.5 Å². The zero-order valence-electron chi connectivity index (χ0n) is 11.5. The molecular formula is C13H16ClN3O3S. The number of aromatic nitrogens is 1. The number of hydrogen-bond acceptors (Lipinski definition) is 6. The van der Waals surface area contributed by atoms with Crippen LogP contribution in [-0.2, 0) is 14.3 Å². The fourth-order valence-corrected chi connectivity index (χ4v) is 3.36. The van der Waals surface area contributed by atoms with Crippen LogP contribution in [0.4, 0.5) is 5.69 Å². The van der Waals surface area contributed by atoms with Crippen molar-refractivity contribution < 1.29 is 14.3 Å². The topological polar surface area (TPSA) is 71.5 Å². The quantitative estimate of drug-likeness (QED) is 0.662. The Morgan fingerprint density at radius 1 is 1.62 bits per heavy atom. The number of amides is 1. The monoisotopic (exact) mass is 329 g/mol. The van der Waals surface area contributed by atoms with Gasteiger partial charge in [-0.1, -0.05) is 11.6 Å². The number of thioether (sulfide) groups is 1. The summed E-state index contributed by atoms with van der Waals surface area (Å²) in [5.74, 6) is 0.363. The van der Waals surface area contributed by atoms with Crippen LogP contribution in [0.1, 0.15) is 0 Å². The van der Waals surface area contributed by atoms with Gasteiger partial charge in [0.2, 0.25) is 5.91 Å². The van der Waals surface area contributed by atoms with E-state index in [0.29, 0.717) is 12.2 Å². The third kappa shape index (κ3) is 4.59. The Hall–Kier alpha value is -1.31. The third-order valence-corrected chi connectivity index (χ3v) is 4.48. The first-order chi connectivity index (χ1) is 10.1. The molecule has 0 bridgehead atoms. The van der Waals surface area contributed by atoms with Gasteiger partial charge in [0.1, 0.15) is 5.25 Å². The van der Waals surface area contributed by atoms with Crippen LogP contribution in [0.15, 0.2) is 18.3 Å². The van der Waals surface area contributed by atoms with Crippen molar-refractivity contribution in [2.75, 3.05) is 37.8 Å². The first-order valence-corrected chi connectivity index (χ1v) is 7.85. The van der Waals surface area contributed by atoms with E-state index in [1.165, 1.54) is 7.11 Å². The Labute approximate surface area is 132 Å². The molecule has 1 aliphatic rings. The van der Waals surface area contributed by atoms with Crippen LogP contribution in [0.25, 0.3) is 0 Å². The van der Waals surface area contributed by atoms with E-state index in [1.807, 2.05) is 4.90 Å². The summed E-state index contributed by atoms with van der Waals surface area (Å²) in [6.07, 6.45) is 1.56. The largest absolute Gasteiger partial charge is 0.468 e. The number of carbonyl (C=O) groups is 2. The standard InChI is InChI=1S/C13H16ClN3O3S/c1-20-13(19)10-7-17(5-6-21-10)8-11(18)16-9-3-2-4-15-12(9)14/h2-4,10H,5-8H2,1H3,(H,16,18). The number of anilines is 1. The lowest BCUT2D eigenvalue weighted by atomic mass is 10.3. The van der Waals surface area contributed by atoms with E-state index in [9.17, 15) is 9.59 Å². The van der Waals surface area contributed by atoms with Crippen molar-refractivity contribution >= 4 is 40.9 Å². The van der Waals surface area contributed by atoms with Crippen LogP contribution in [0.3, 0.4) is 0 Å². The molecule has 2 rings (SSSR count). The van der Waals surface area contributed by atoms with Gasteiger partial charge in [0.05, 0.1) is 19.3 Å². The number of methoxy groups -OCH3 is 1. The van der Waals surface area contributed by atoms with Crippen molar-refractivity contribution in [3.63, 3.8) is 0 Å². The molecule has 1 atom stereocenters. The number of rotatable bonds is 4. The molecule has 0 aromatic carbocycles. The van der Waals surface area contributed by atoms with Gasteiger partial charge in [-0.15, -0.1) is 11.8 Å².